The van der Waals surface area contributed by atoms with Gasteiger partial charge in [0, 0.05) is 73.5 Å². The number of carbonyl (C=O) groups is 2. The minimum atomic E-state index is -3.86. The van der Waals surface area contributed by atoms with Crippen LogP contribution in [-0.4, -0.2) is 92.4 Å². The molecule has 314 valence electrons. The molecule has 2 amide bonds. The Labute approximate surface area is 336 Å². The lowest BCUT2D eigenvalue weighted by molar-refractivity contribution is -0.201. The lowest BCUT2D eigenvalue weighted by atomic mass is 9.96. The summed E-state index contributed by atoms with van der Waals surface area (Å²) in [5.41, 5.74) is 5.78. The molecule has 0 saturated carbocycles. The van der Waals surface area contributed by atoms with Crippen molar-refractivity contribution >= 4 is 42.9 Å². The van der Waals surface area contributed by atoms with Crippen molar-refractivity contribution < 1.29 is 59.7 Å². The van der Waals surface area contributed by atoms with Crippen molar-refractivity contribution in [3.63, 3.8) is 0 Å². The highest BCUT2D eigenvalue weighted by atomic mass is 32.2. The summed E-state index contributed by atoms with van der Waals surface area (Å²) < 4.78 is 79.5. The van der Waals surface area contributed by atoms with E-state index in [1.165, 1.54) is 37.5 Å². The van der Waals surface area contributed by atoms with Gasteiger partial charge in [0.15, 0.2) is 35.5 Å². The van der Waals surface area contributed by atoms with Crippen molar-refractivity contribution in [2.75, 3.05) is 19.1 Å². The van der Waals surface area contributed by atoms with E-state index in [4.69, 9.17) is 24.5 Å². The van der Waals surface area contributed by atoms with Crippen LogP contribution in [0, 0.1) is 35.3 Å². The zero-order chi connectivity index (χ0) is 42.9. The molecule has 15 nitrogen and oxygen atoms in total. The van der Waals surface area contributed by atoms with Crippen LogP contribution in [0.15, 0.2) is 46.7 Å². The van der Waals surface area contributed by atoms with Crippen LogP contribution >= 0.6 is 0 Å². The second kappa shape index (κ2) is 19.2. The van der Waals surface area contributed by atoms with Crippen LogP contribution in [0.25, 0.3) is 0 Å². The lowest BCUT2D eigenvalue weighted by Crippen LogP contribution is -2.52. The van der Waals surface area contributed by atoms with Gasteiger partial charge in [-0.05, 0) is 76.9 Å². The Hall–Kier alpha value is -4.92. The summed E-state index contributed by atoms with van der Waals surface area (Å²) in [7, 11) is -7.72. The number of rotatable bonds is 12. The van der Waals surface area contributed by atoms with Gasteiger partial charge in [0.25, 0.3) is 11.8 Å². The van der Waals surface area contributed by atoms with Crippen LogP contribution in [0.4, 0.5) is 8.78 Å². The Morgan fingerprint density at radius 3 is 1.67 bits per heavy atom. The monoisotopic (exact) mass is 848 g/mol. The molecule has 0 radical (unpaired) electrons. The number of nitrogens with one attached hydrogen (secondary N) is 2. The van der Waals surface area contributed by atoms with Gasteiger partial charge in [-0.1, -0.05) is 22.2 Å². The highest BCUT2D eigenvalue weighted by molar-refractivity contribution is 7.93. The zero-order valence-electron chi connectivity index (χ0n) is 32.8. The molecule has 0 aliphatic carbocycles. The second-order valence-corrected chi connectivity index (χ2v) is 19.2. The summed E-state index contributed by atoms with van der Waals surface area (Å²) in [6.45, 7) is 6.32. The van der Waals surface area contributed by atoms with E-state index in [-0.39, 0.29) is 36.8 Å². The molecule has 3 aliphatic heterocycles. The standard InChI is InChI=1S/C22H27FN2O6S.C17H19FN2O5S/c1-4-7-15-9-10-17(18(23)12-15)19-13-16(30-24-19)14-22(2,32(3,27)28)21(26)25-31-20-8-5-6-11-29-20;1-4-5-11-6-7-13(14(18)8-11)15-9-12(25-20-15)10-17(2,16(21)19-22)26(3,23)24/h9-10,12,16,20H,5-6,8,11,13-14H2,1-3H3,(H,25,26);6-8,12,22H,9-10H2,1-3H3,(H,19,21). The highest BCUT2D eigenvalue weighted by Gasteiger charge is 2.48. The van der Waals surface area contributed by atoms with Crippen LogP contribution in [0.5, 0.6) is 0 Å². The molecule has 2 aromatic carbocycles. The number of ether oxygens (including phenoxy) is 1. The number of oxime groups is 2. The maximum atomic E-state index is 14.5. The van der Waals surface area contributed by atoms with Crippen LogP contribution in [0.2, 0.25) is 0 Å². The molecule has 1 fully saturated rings. The van der Waals surface area contributed by atoms with E-state index < -0.39 is 71.1 Å². The quantitative estimate of drug-likeness (QED) is 0.159. The minimum absolute atomic E-state index is 0.125. The molecule has 5 rings (SSSR count). The Bertz CT molecular complexity index is 2290. The normalized spacial score (nSPS) is 20.9. The first-order valence-corrected chi connectivity index (χ1v) is 21.9. The second-order valence-electron chi connectivity index (χ2n) is 14.3. The van der Waals surface area contributed by atoms with E-state index in [0.29, 0.717) is 35.6 Å². The number of benzene rings is 2. The molecule has 0 spiro atoms. The number of hydrogen-bond acceptors (Lipinski definition) is 13. The van der Waals surface area contributed by atoms with Crippen molar-refractivity contribution in [1.29, 1.82) is 0 Å². The van der Waals surface area contributed by atoms with Crippen LogP contribution < -0.4 is 11.0 Å². The van der Waals surface area contributed by atoms with Crippen LogP contribution in [0.3, 0.4) is 0 Å². The summed E-state index contributed by atoms with van der Waals surface area (Å²) in [4.78, 5) is 40.5. The molecule has 5 unspecified atom stereocenters. The molecule has 0 bridgehead atoms. The number of hydrogen-bond donors (Lipinski definition) is 3. The lowest BCUT2D eigenvalue weighted by Gasteiger charge is -2.29. The molecule has 2 aromatic rings. The SMILES string of the molecule is CC#Cc1ccc(C2=NOC(CC(C)(C(=O)NO)S(C)(=O)=O)C2)c(F)c1.CC#Cc1ccc(C2=NOC(CC(C)(C(=O)NOC3CCCCO3)S(C)(=O)=O)C2)c(F)c1. The minimum Gasteiger partial charge on any atom is -0.392 e. The fraction of sp³-hybridized carbons (Fsp3) is 0.487. The van der Waals surface area contributed by atoms with Crippen molar-refractivity contribution in [3.8, 4) is 23.7 Å². The van der Waals surface area contributed by atoms with Gasteiger partial charge >= 0.3 is 0 Å². The molecule has 0 aromatic heterocycles. The number of sulfone groups is 2. The van der Waals surface area contributed by atoms with E-state index in [1.54, 1.807) is 32.0 Å². The van der Waals surface area contributed by atoms with E-state index in [2.05, 4.69) is 39.5 Å². The average molecular weight is 849 g/mol. The summed E-state index contributed by atoms with van der Waals surface area (Å²) in [6, 6.07) is 8.98. The van der Waals surface area contributed by atoms with Crippen molar-refractivity contribution in [1.82, 2.24) is 11.0 Å². The van der Waals surface area contributed by atoms with Gasteiger partial charge in [-0.25, -0.2) is 41.4 Å². The Morgan fingerprint density at radius 1 is 0.828 bits per heavy atom. The number of hydroxylamine groups is 2. The first-order chi connectivity index (χ1) is 27.3. The summed E-state index contributed by atoms with van der Waals surface area (Å²) in [6.07, 6.45) is 2.04. The molecule has 1 saturated heterocycles. The number of amides is 2. The fourth-order valence-corrected chi connectivity index (χ4v) is 7.92. The number of carbonyl (C=O) groups excluding carboxylic acids is 2. The summed E-state index contributed by atoms with van der Waals surface area (Å²) in [5.74, 6) is 8.00. The van der Waals surface area contributed by atoms with Crippen LogP contribution in [0.1, 0.15) is 94.9 Å². The van der Waals surface area contributed by atoms with E-state index in [0.717, 1.165) is 25.4 Å². The Kier molecular flexibility index (Phi) is 15.2. The predicted molar refractivity (Wildman–Crippen MR) is 208 cm³/mol. The van der Waals surface area contributed by atoms with Crippen molar-refractivity contribution in [2.24, 2.45) is 10.3 Å². The first-order valence-electron chi connectivity index (χ1n) is 18.1. The fourth-order valence-electron chi connectivity index (χ4n) is 6.18. The van der Waals surface area contributed by atoms with Gasteiger partial charge in [0.05, 0.1) is 11.4 Å². The smallest absolute Gasteiger partial charge is 0.264 e. The maximum absolute atomic E-state index is 14.5. The maximum Gasteiger partial charge on any atom is 0.264 e. The molecule has 19 heteroatoms. The third-order valence-corrected chi connectivity index (χ3v) is 13.9. The summed E-state index contributed by atoms with van der Waals surface area (Å²) >= 11 is 0. The highest BCUT2D eigenvalue weighted by Crippen LogP contribution is 2.32. The third kappa shape index (κ3) is 11.0. The van der Waals surface area contributed by atoms with E-state index in [9.17, 15) is 35.2 Å². The molecule has 3 aliphatic rings. The van der Waals surface area contributed by atoms with Gasteiger partial charge in [-0.15, -0.1) is 11.8 Å². The van der Waals surface area contributed by atoms with Gasteiger partial charge in [-0.3, -0.25) is 14.8 Å². The average Bonchev–Trinajstić information content (AvgIpc) is 3.83. The molecular weight excluding hydrogens is 803 g/mol. The van der Waals surface area contributed by atoms with Gasteiger partial charge < -0.3 is 14.4 Å². The zero-order valence-corrected chi connectivity index (χ0v) is 34.5. The van der Waals surface area contributed by atoms with Gasteiger partial charge in [0.2, 0.25) is 0 Å². The predicted octanol–water partition coefficient (Wildman–Crippen LogP) is 3.85. The topological polar surface area (TPSA) is 208 Å². The Morgan fingerprint density at radius 2 is 1.29 bits per heavy atom. The molecule has 5 atom stereocenters. The summed E-state index contributed by atoms with van der Waals surface area (Å²) in [5, 5.41) is 16.6. The molecule has 3 heterocycles. The van der Waals surface area contributed by atoms with E-state index >= 15 is 0 Å². The van der Waals surface area contributed by atoms with Gasteiger partial charge in [0.1, 0.15) is 23.8 Å². The van der Waals surface area contributed by atoms with Crippen LogP contribution in [-0.2, 0) is 48.5 Å². The molecular formula is C39H46F2N4O11S2. The van der Waals surface area contributed by atoms with Crippen molar-refractivity contribution in [3.05, 3.63) is 70.3 Å². The van der Waals surface area contributed by atoms with E-state index in [1.807, 2.05) is 0 Å². The third-order valence-electron chi connectivity index (χ3n) is 9.92. The number of nitrogens with zero attached hydrogens (tertiary/aromatic N) is 2. The van der Waals surface area contributed by atoms with Gasteiger partial charge in [-0.2, -0.15) is 0 Å². The largest absolute Gasteiger partial charge is 0.392 e. The molecule has 3 N–H and O–H groups in total. The first kappa shape index (κ1) is 45.8. The molecule has 58 heavy (non-hydrogen) atoms. The van der Waals surface area contributed by atoms with Crippen molar-refractivity contribution in [2.45, 2.75) is 101 Å². The Balaban J connectivity index is 0.000000262. The number of halogens is 2.